The summed E-state index contributed by atoms with van der Waals surface area (Å²) < 4.78 is 6.73. The maximum Gasteiger partial charge on any atom is 0.305 e. The molecule has 178 valence electrons. The van der Waals surface area contributed by atoms with Crippen LogP contribution < -0.4 is 5.32 Å². The molecular weight excluding hydrogens is 444 g/mol. The monoisotopic (exact) mass is 474 g/mol. The number of carbonyl (C=O) groups is 3. The molecule has 3 rings (SSSR count). The Morgan fingerprint density at radius 2 is 2.12 bits per heavy atom. The van der Waals surface area contributed by atoms with E-state index in [9.17, 15) is 14.4 Å². The van der Waals surface area contributed by atoms with Crippen LogP contribution in [0.1, 0.15) is 51.3 Å². The molecule has 0 unspecified atom stereocenters. The third-order valence-electron chi connectivity index (χ3n) is 5.13. The molecule has 2 amide bonds. The lowest BCUT2D eigenvalue weighted by molar-refractivity contribution is -0.143. The first kappa shape index (κ1) is 24.7. The van der Waals surface area contributed by atoms with Crippen LogP contribution in [-0.2, 0) is 25.7 Å². The van der Waals surface area contributed by atoms with Crippen molar-refractivity contribution in [1.29, 1.82) is 0 Å². The average Bonchev–Trinajstić information content (AvgIpc) is 3.11. The third kappa shape index (κ3) is 7.55. The normalized spacial score (nSPS) is 14.1. The van der Waals surface area contributed by atoms with Crippen LogP contribution in [0, 0.1) is 0 Å². The van der Waals surface area contributed by atoms with E-state index in [1.54, 1.807) is 19.3 Å². The first-order valence-corrected chi connectivity index (χ1v) is 12.2. The Morgan fingerprint density at radius 1 is 1.24 bits per heavy atom. The molecule has 10 nitrogen and oxygen atoms in total. The van der Waals surface area contributed by atoms with Crippen LogP contribution in [0.3, 0.4) is 0 Å². The lowest BCUT2D eigenvalue weighted by atomic mass is 10.2. The van der Waals surface area contributed by atoms with Crippen molar-refractivity contribution < 1.29 is 19.1 Å². The van der Waals surface area contributed by atoms with Gasteiger partial charge in [0.15, 0.2) is 11.0 Å². The van der Waals surface area contributed by atoms with Crippen molar-refractivity contribution in [3.05, 3.63) is 30.4 Å². The number of aromatic nitrogens is 4. The van der Waals surface area contributed by atoms with E-state index in [1.165, 1.54) is 11.8 Å². The van der Waals surface area contributed by atoms with Gasteiger partial charge in [-0.05, 0) is 38.3 Å². The zero-order valence-electron chi connectivity index (χ0n) is 18.9. The average molecular weight is 475 g/mol. The largest absolute Gasteiger partial charge is 0.466 e. The summed E-state index contributed by atoms with van der Waals surface area (Å²) in [6, 6.07) is 3.71. The van der Waals surface area contributed by atoms with Crippen LogP contribution in [0.4, 0.5) is 0 Å². The lowest BCUT2D eigenvalue weighted by Gasteiger charge is -2.20. The van der Waals surface area contributed by atoms with E-state index in [2.05, 4.69) is 20.5 Å². The molecule has 0 aromatic carbocycles. The second kappa shape index (κ2) is 12.9. The lowest BCUT2D eigenvalue weighted by Crippen LogP contribution is -2.31. The van der Waals surface area contributed by atoms with Crippen LogP contribution in [0.25, 0.3) is 5.69 Å². The van der Waals surface area contributed by atoms with Gasteiger partial charge in [-0.2, -0.15) is 0 Å². The number of amides is 2. The molecule has 0 aliphatic carbocycles. The fourth-order valence-electron chi connectivity index (χ4n) is 3.49. The standard InChI is InChI=1S/C22H30N6O4S/c1-2-32-21(31)10-7-12-24-19(29)16-33-22-26-25-18(28(22)17-8-6-11-23-14-17)15-27-13-5-3-4-9-20(27)30/h6,8,11,14H,2-5,7,9-10,12-13,15-16H2,1H3,(H,24,29). The van der Waals surface area contributed by atoms with E-state index < -0.39 is 0 Å². The summed E-state index contributed by atoms with van der Waals surface area (Å²) in [5.74, 6) is 0.496. The minimum atomic E-state index is -0.263. The van der Waals surface area contributed by atoms with E-state index in [0.717, 1.165) is 24.9 Å². The Labute approximate surface area is 197 Å². The SMILES string of the molecule is CCOC(=O)CCCNC(=O)CSc1nnc(CN2CCCCCC2=O)n1-c1cccnc1. The first-order valence-electron chi connectivity index (χ1n) is 11.3. The van der Waals surface area contributed by atoms with Crippen molar-refractivity contribution in [2.45, 2.75) is 57.1 Å². The van der Waals surface area contributed by atoms with Crippen LogP contribution in [-0.4, -0.2) is 67.9 Å². The fourth-order valence-corrected chi connectivity index (χ4v) is 4.29. The predicted octanol–water partition coefficient (Wildman–Crippen LogP) is 2.12. The number of hydrogen-bond donors (Lipinski definition) is 1. The highest BCUT2D eigenvalue weighted by atomic mass is 32.2. The molecule has 2 aromatic heterocycles. The molecule has 33 heavy (non-hydrogen) atoms. The molecule has 0 spiro atoms. The molecular formula is C22H30N6O4S. The molecule has 1 aliphatic rings. The van der Waals surface area contributed by atoms with Crippen LogP contribution in [0.2, 0.25) is 0 Å². The highest BCUT2D eigenvalue weighted by molar-refractivity contribution is 7.99. The number of hydrogen-bond acceptors (Lipinski definition) is 8. The number of nitrogens with zero attached hydrogens (tertiary/aromatic N) is 5. The minimum absolute atomic E-state index is 0.129. The summed E-state index contributed by atoms with van der Waals surface area (Å²) in [5, 5.41) is 12.0. The van der Waals surface area contributed by atoms with Crippen molar-refractivity contribution in [2.75, 3.05) is 25.4 Å². The summed E-state index contributed by atoms with van der Waals surface area (Å²) in [6.45, 7) is 3.58. The van der Waals surface area contributed by atoms with Crippen LogP contribution in [0.15, 0.2) is 29.7 Å². The molecule has 0 saturated carbocycles. The zero-order chi connectivity index (χ0) is 23.5. The van der Waals surface area contributed by atoms with Crippen molar-refractivity contribution in [1.82, 2.24) is 30.0 Å². The van der Waals surface area contributed by atoms with E-state index in [-0.39, 0.29) is 30.0 Å². The van der Waals surface area contributed by atoms with E-state index in [1.807, 2.05) is 21.6 Å². The van der Waals surface area contributed by atoms with Crippen LogP contribution >= 0.6 is 11.8 Å². The van der Waals surface area contributed by atoms with Gasteiger partial charge in [0.1, 0.15) is 0 Å². The van der Waals surface area contributed by atoms with Gasteiger partial charge in [-0.1, -0.05) is 18.2 Å². The Balaban J connectivity index is 1.62. The highest BCUT2D eigenvalue weighted by Gasteiger charge is 2.22. The summed E-state index contributed by atoms with van der Waals surface area (Å²) in [4.78, 5) is 42.1. The Bertz CT molecular complexity index is 936. The maximum absolute atomic E-state index is 12.5. The van der Waals surface area contributed by atoms with Gasteiger partial charge in [0.2, 0.25) is 11.8 Å². The van der Waals surface area contributed by atoms with Gasteiger partial charge in [0.25, 0.3) is 0 Å². The number of esters is 1. The zero-order valence-corrected chi connectivity index (χ0v) is 19.7. The van der Waals surface area contributed by atoms with E-state index in [0.29, 0.717) is 50.1 Å². The Morgan fingerprint density at radius 3 is 2.91 bits per heavy atom. The number of rotatable bonds is 11. The molecule has 1 saturated heterocycles. The van der Waals surface area contributed by atoms with Gasteiger partial charge < -0.3 is 15.0 Å². The van der Waals surface area contributed by atoms with Crippen molar-refractivity contribution in [2.24, 2.45) is 0 Å². The summed E-state index contributed by atoms with van der Waals surface area (Å²) in [6.07, 6.45) is 7.68. The Kier molecular flexibility index (Phi) is 9.67. The topological polar surface area (TPSA) is 119 Å². The molecule has 0 atom stereocenters. The predicted molar refractivity (Wildman–Crippen MR) is 123 cm³/mol. The Hall–Kier alpha value is -2.95. The van der Waals surface area contributed by atoms with Crippen LogP contribution in [0.5, 0.6) is 0 Å². The molecule has 11 heteroatoms. The van der Waals surface area contributed by atoms with Gasteiger partial charge in [-0.3, -0.25) is 23.9 Å². The molecule has 0 bridgehead atoms. The van der Waals surface area contributed by atoms with Crippen molar-refractivity contribution in [3.8, 4) is 5.69 Å². The van der Waals surface area contributed by atoms with Gasteiger partial charge >= 0.3 is 5.97 Å². The number of likely N-dealkylation sites (tertiary alicyclic amines) is 1. The highest BCUT2D eigenvalue weighted by Crippen LogP contribution is 2.23. The van der Waals surface area contributed by atoms with Gasteiger partial charge in [0.05, 0.1) is 30.8 Å². The second-order valence-electron chi connectivity index (χ2n) is 7.62. The second-order valence-corrected chi connectivity index (χ2v) is 8.56. The summed E-state index contributed by atoms with van der Waals surface area (Å²) in [5.41, 5.74) is 0.775. The smallest absolute Gasteiger partial charge is 0.305 e. The molecule has 3 heterocycles. The molecule has 2 aromatic rings. The van der Waals surface area contributed by atoms with Gasteiger partial charge in [-0.25, -0.2) is 0 Å². The van der Waals surface area contributed by atoms with Crippen molar-refractivity contribution >= 4 is 29.5 Å². The summed E-state index contributed by atoms with van der Waals surface area (Å²) in [7, 11) is 0. The fraction of sp³-hybridized carbons (Fsp3) is 0.545. The quantitative estimate of drug-likeness (QED) is 0.299. The van der Waals surface area contributed by atoms with Gasteiger partial charge in [-0.15, -0.1) is 10.2 Å². The minimum Gasteiger partial charge on any atom is -0.466 e. The number of ether oxygens (including phenoxy) is 1. The molecule has 1 aliphatic heterocycles. The number of nitrogens with one attached hydrogen (secondary N) is 1. The number of carbonyl (C=O) groups excluding carboxylic acids is 3. The number of pyridine rings is 1. The first-order chi connectivity index (χ1) is 16.1. The molecule has 1 N–H and O–H groups in total. The summed E-state index contributed by atoms with van der Waals surface area (Å²) >= 11 is 1.26. The number of thioether (sulfide) groups is 1. The van der Waals surface area contributed by atoms with Gasteiger partial charge in [0, 0.05) is 32.1 Å². The maximum atomic E-state index is 12.5. The molecule has 0 radical (unpaired) electrons. The van der Waals surface area contributed by atoms with Crippen molar-refractivity contribution in [3.63, 3.8) is 0 Å². The molecule has 1 fully saturated rings. The van der Waals surface area contributed by atoms with E-state index in [4.69, 9.17) is 4.74 Å². The van der Waals surface area contributed by atoms with E-state index >= 15 is 0 Å². The third-order valence-corrected chi connectivity index (χ3v) is 6.05.